The maximum Gasteiger partial charge on any atom is 0.174 e. The number of hydrogen-bond acceptors (Lipinski definition) is 3. The highest BCUT2D eigenvalue weighted by atomic mass is 79.9. The minimum Gasteiger partial charge on any atom is -0.310 e. The van der Waals surface area contributed by atoms with Crippen LogP contribution in [-0.4, -0.2) is 14.8 Å². The average molecular weight is 361 g/mol. The lowest BCUT2D eigenvalue weighted by atomic mass is 10.1. The molecule has 0 amide bonds. The molecule has 2 heterocycles. The fraction of sp³-hybridized carbons (Fsp3) is 0.312. The van der Waals surface area contributed by atoms with Gasteiger partial charge in [0.2, 0.25) is 0 Å². The van der Waals surface area contributed by atoms with Crippen molar-refractivity contribution >= 4 is 27.6 Å². The summed E-state index contributed by atoms with van der Waals surface area (Å²) in [6.45, 7) is 0.803. The van der Waals surface area contributed by atoms with Gasteiger partial charge in [0.15, 0.2) is 5.82 Å². The summed E-state index contributed by atoms with van der Waals surface area (Å²) in [5.41, 5.74) is 0.689. The molecule has 1 aliphatic heterocycles. The molecule has 4 nitrogen and oxygen atoms in total. The molecule has 22 heavy (non-hydrogen) atoms. The minimum atomic E-state index is -0.369. The van der Waals surface area contributed by atoms with E-state index in [4.69, 9.17) is 0 Å². The molecule has 0 spiro atoms. The first-order valence-electron chi connectivity index (χ1n) is 7.18. The summed E-state index contributed by atoms with van der Waals surface area (Å²) in [5.74, 6) is 1.06. The number of benzene rings is 1. The first-order valence-corrected chi connectivity index (χ1v) is 7.97. The summed E-state index contributed by atoms with van der Waals surface area (Å²) in [7, 11) is 0. The highest BCUT2D eigenvalue weighted by molar-refractivity contribution is 9.10. The van der Waals surface area contributed by atoms with E-state index in [9.17, 15) is 9.65 Å². The topological polar surface area (TPSA) is 54.5 Å². The molecule has 1 aliphatic rings. The van der Waals surface area contributed by atoms with Crippen molar-refractivity contribution in [3.05, 3.63) is 45.7 Å². The van der Waals surface area contributed by atoms with Gasteiger partial charge in [-0.05, 0) is 37.1 Å². The third kappa shape index (κ3) is 2.95. The van der Waals surface area contributed by atoms with Crippen molar-refractivity contribution < 1.29 is 4.39 Å². The fourth-order valence-corrected chi connectivity index (χ4v) is 2.99. The van der Waals surface area contributed by atoms with Crippen LogP contribution in [0.2, 0.25) is 0 Å². The number of nitriles is 1. The second kappa shape index (κ2) is 6.41. The molecule has 0 aliphatic carbocycles. The summed E-state index contributed by atoms with van der Waals surface area (Å²) < 4.78 is 16.6. The van der Waals surface area contributed by atoms with Gasteiger partial charge in [0, 0.05) is 23.0 Å². The van der Waals surface area contributed by atoms with Gasteiger partial charge in [-0.1, -0.05) is 22.4 Å². The van der Waals surface area contributed by atoms with Crippen LogP contribution in [0.25, 0.3) is 11.6 Å². The van der Waals surface area contributed by atoms with Crippen molar-refractivity contribution in [1.29, 1.82) is 5.26 Å². The van der Waals surface area contributed by atoms with Gasteiger partial charge < -0.3 is 4.57 Å². The van der Waals surface area contributed by atoms with E-state index in [0.717, 1.165) is 42.5 Å². The molecule has 6 heteroatoms. The predicted octanol–water partition coefficient (Wildman–Crippen LogP) is 3.97. The second-order valence-electron chi connectivity index (χ2n) is 5.24. The predicted molar refractivity (Wildman–Crippen MR) is 85.2 cm³/mol. The standard InChI is InChI=1S/C16H14BrFN4/c17-13-5-6-14(18)11(9-13)8-12(10-19)16-21-20-15-4-2-1-3-7-22(15)16/h5-6,8-9H,1-4,7H2/b12-8+. The first-order chi connectivity index (χ1) is 10.7. The number of nitrogens with zero attached hydrogens (tertiary/aromatic N) is 4. The summed E-state index contributed by atoms with van der Waals surface area (Å²) in [6.07, 6.45) is 5.68. The van der Waals surface area contributed by atoms with Gasteiger partial charge in [0.05, 0.1) is 5.57 Å². The molecule has 0 saturated heterocycles. The Morgan fingerprint density at radius 3 is 3.00 bits per heavy atom. The average Bonchev–Trinajstić information content (AvgIpc) is 2.76. The van der Waals surface area contributed by atoms with E-state index in [1.807, 2.05) is 4.57 Å². The molecule has 0 unspecified atom stereocenters. The summed E-state index contributed by atoms with van der Waals surface area (Å²) in [4.78, 5) is 0. The molecular formula is C16H14BrFN4. The van der Waals surface area contributed by atoms with E-state index in [1.165, 1.54) is 12.1 Å². The zero-order valence-electron chi connectivity index (χ0n) is 11.9. The molecule has 3 rings (SSSR count). The largest absolute Gasteiger partial charge is 0.310 e. The summed E-state index contributed by atoms with van der Waals surface area (Å²) in [6, 6.07) is 6.77. The van der Waals surface area contributed by atoms with Crippen molar-refractivity contribution in [1.82, 2.24) is 14.8 Å². The molecule has 0 N–H and O–H groups in total. The Kier molecular flexibility index (Phi) is 4.34. The van der Waals surface area contributed by atoms with E-state index in [-0.39, 0.29) is 5.82 Å². The van der Waals surface area contributed by atoms with Crippen molar-refractivity contribution in [2.45, 2.75) is 32.2 Å². The number of hydrogen-bond donors (Lipinski definition) is 0. The number of aromatic nitrogens is 3. The van der Waals surface area contributed by atoms with Crippen LogP contribution in [-0.2, 0) is 13.0 Å². The molecule has 1 aromatic heterocycles. The molecular weight excluding hydrogens is 347 g/mol. The van der Waals surface area contributed by atoms with Crippen molar-refractivity contribution in [2.24, 2.45) is 0 Å². The smallest absolute Gasteiger partial charge is 0.174 e. The molecule has 1 aromatic carbocycles. The number of rotatable bonds is 2. The van der Waals surface area contributed by atoms with E-state index < -0.39 is 0 Å². The van der Waals surface area contributed by atoms with Crippen LogP contribution in [0.15, 0.2) is 22.7 Å². The zero-order valence-corrected chi connectivity index (χ0v) is 13.5. The normalized spacial score (nSPS) is 15.0. The lowest BCUT2D eigenvalue weighted by Crippen LogP contribution is -2.05. The monoisotopic (exact) mass is 360 g/mol. The molecule has 0 bridgehead atoms. The van der Waals surface area contributed by atoms with Crippen LogP contribution < -0.4 is 0 Å². The highest BCUT2D eigenvalue weighted by Crippen LogP contribution is 2.23. The Morgan fingerprint density at radius 2 is 2.18 bits per heavy atom. The van der Waals surface area contributed by atoms with Crippen LogP contribution >= 0.6 is 15.9 Å². The van der Waals surface area contributed by atoms with Gasteiger partial charge in [0.25, 0.3) is 0 Å². The minimum absolute atomic E-state index is 0.331. The third-order valence-electron chi connectivity index (χ3n) is 3.73. The second-order valence-corrected chi connectivity index (χ2v) is 6.15. The number of aryl methyl sites for hydroxylation is 1. The Bertz CT molecular complexity index is 773. The fourth-order valence-electron chi connectivity index (χ4n) is 2.61. The third-order valence-corrected chi connectivity index (χ3v) is 4.22. The van der Waals surface area contributed by atoms with Gasteiger partial charge >= 0.3 is 0 Å². The van der Waals surface area contributed by atoms with Gasteiger partial charge in [-0.2, -0.15) is 5.26 Å². The van der Waals surface area contributed by atoms with Crippen LogP contribution in [0, 0.1) is 17.1 Å². The number of fused-ring (bicyclic) bond motifs is 1. The maximum atomic E-state index is 13.9. The van der Waals surface area contributed by atoms with E-state index in [1.54, 1.807) is 12.1 Å². The number of halogens is 2. The van der Waals surface area contributed by atoms with E-state index in [2.05, 4.69) is 32.2 Å². The molecule has 0 saturated carbocycles. The molecule has 0 radical (unpaired) electrons. The van der Waals surface area contributed by atoms with Gasteiger partial charge in [-0.3, -0.25) is 0 Å². The zero-order chi connectivity index (χ0) is 15.5. The lowest BCUT2D eigenvalue weighted by molar-refractivity contribution is 0.624. The summed E-state index contributed by atoms with van der Waals surface area (Å²) in [5, 5.41) is 17.8. The van der Waals surface area contributed by atoms with Crippen LogP contribution in [0.4, 0.5) is 4.39 Å². The van der Waals surface area contributed by atoms with Crippen molar-refractivity contribution in [3.63, 3.8) is 0 Å². The Balaban J connectivity index is 2.05. The highest BCUT2D eigenvalue weighted by Gasteiger charge is 2.18. The van der Waals surface area contributed by atoms with Crippen LogP contribution in [0.5, 0.6) is 0 Å². The Hall–Kier alpha value is -2.00. The first kappa shape index (κ1) is 14.9. The lowest BCUT2D eigenvalue weighted by Gasteiger charge is -2.06. The van der Waals surface area contributed by atoms with Crippen molar-refractivity contribution in [3.8, 4) is 6.07 Å². The molecule has 2 aromatic rings. The van der Waals surface area contributed by atoms with Gasteiger partial charge in [0.1, 0.15) is 17.7 Å². The SMILES string of the molecule is N#C/C(=C\c1cc(Br)ccc1F)c1nnc2n1CCCCC2. The van der Waals surface area contributed by atoms with E-state index in [0.29, 0.717) is 17.0 Å². The van der Waals surface area contributed by atoms with E-state index >= 15 is 0 Å². The summed E-state index contributed by atoms with van der Waals surface area (Å²) >= 11 is 3.32. The van der Waals surface area contributed by atoms with Crippen molar-refractivity contribution in [2.75, 3.05) is 0 Å². The Morgan fingerprint density at radius 1 is 1.32 bits per heavy atom. The Labute approximate surface area is 136 Å². The van der Waals surface area contributed by atoms with Gasteiger partial charge in [-0.15, -0.1) is 10.2 Å². The quantitative estimate of drug-likeness (QED) is 0.761. The van der Waals surface area contributed by atoms with Gasteiger partial charge in [-0.25, -0.2) is 4.39 Å². The molecule has 0 fully saturated rings. The molecule has 112 valence electrons. The van der Waals surface area contributed by atoms with Crippen LogP contribution in [0.3, 0.4) is 0 Å². The molecule has 0 atom stereocenters. The maximum absolute atomic E-state index is 13.9. The number of allylic oxidation sites excluding steroid dienone is 1. The van der Waals surface area contributed by atoms with Crippen LogP contribution in [0.1, 0.15) is 36.5 Å².